The van der Waals surface area contributed by atoms with Crippen LogP contribution in [-0.4, -0.2) is 20.4 Å². The molecule has 0 aromatic carbocycles. The summed E-state index contributed by atoms with van der Waals surface area (Å²) in [4.78, 5) is 0. The van der Waals surface area contributed by atoms with Gasteiger partial charge in [-0.05, 0) is 0 Å². The van der Waals surface area contributed by atoms with E-state index < -0.39 is 0 Å². The Labute approximate surface area is 66.0 Å². The normalized spacial score (nSPS) is 8.00. The van der Waals surface area contributed by atoms with E-state index in [1.807, 2.05) is 7.05 Å². The van der Waals surface area contributed by atoms with Gasteiger partial charge in [0.2, 0.25) is 0 Å². The first-order valence-electron chi connectivity index (χ1n) is 1.54. The fraction of sp³-hybridized carbons (Fsp3) is 1.00. The summed E-state index contributed by atoms with van der Waals surface area (Å²) < 4.78 is 0. The van der Waals surface area contributed by atoms with Crippen molar-refractivity contribution < 1.29 is 32.7 Å². The Morgan fingerprint density at radius 3 is 1.50 bits per heavy atom. The van der Waals surface area contributed by atoms with E-state index in [-0.39, 0.29) is 40.8 Å². The molecule has 0 atom stereocenters. The molecule has 35 valence electrons. The predicted molar refractivity (Wildman–Crippen MR) is 28.1 cm³/mol. The van der Waals surface area contributed by atoms with E-state index in [0.29, 0.717) is 0 Å². The van der Waals surface area contributed by atoms with Gasteiger partial charge in [-0.1, -0.05) is 13.3 Å². The zero-order valence-electron chi connectivity index (χ0n) is 4.47. The summed E-state index contributed by atoms with van der Waals surface area (Å²) >= 11 is 0. The summed E-state index contributed by atoms with van der Waals surface area (Å²) in [6, 6.07) is 0. The van der Waals surface area contributed by atoms with Gasteiger partial charge in [-0.3, -0.25) is 0 Å². The van der Waals surface area contributed by atoms with E-state index in [1.165, 1.54) is 0 Å². The summed E-state index contributed by atoms with van der Waals surface area (Å²) in [6.07, 6.45) is 0. The van der Waals surface area contributed by atoms with Gasteiger partial charge in [0.1, 0.15) is 0 Å². The SMILES string of the molecule is C[N-]P(C)C.[Y]. The van der Waals surface area contributed by atoms with Crippen LogP contribution in [0.4, 0.5) is 0 Å². The molecule has 0 aliphatic heterocycles. The fourth-order valence-corrected chi connectivity index (χ4v) is 0. The first-order chi connectivity index (χ1) is 2.27. The fourth-order valence-electron chi connectivity index (χ4n) is 0. The Morgan fingerprint density at radius 2 is 1.50 bits per heavy atom. The van der Waals surface area contributed by atoms with Crippen LogP contribution in [0.3, 0.4) is 0 Å². The van der Waals surface area contributed by atoms with Gasteiger partial charge in [0.25, 0.3) is 0 Å². The van der Waals surface area contributed by atoms with Crippen molar-refractivity contribution in [3.8, 4) is 0 Å². The molecule has 0 aromatic rings. The average molecular weight is 179 g/mol. The first-order valence-corrected chi connectivity index (χ1v) is 3.73. The van der Waals surface area contributed by atoms with Crippen molar-refractivity contribution in [3.05, 3.63) is 5.09 Å². The minimum Gasteiger partial charge on any atom is -0.640 e. The molecule has 0 saturated heterocycles. The molecular weight excluding hydrogens is 170 g/mol. The molecule has 0 N–H and O–H groups in total. The maximum Gasteiger partial charge on any atom is 0 e. The van der Waals surface area contributed by atoms with Crippen molar-refractivity contribution >= 4 is 8.07 Å². The van der Waals surface area contributed by atoms with E-state index in [1.54, 1.807) is 0 Å². The van der Waals surface area contributed by atoms with Gasteiger partial charge in [0.15, 0.2) is 0 Å². The van der Waals surface area contributed by atoms with Gasteiger partial charge >= 0.3 is 0 Å². The molecule has 0 amide bonds. The van der Waals surface area contributed by atoms with E-state index in [9.17, 15) is 0 Å². The molecule has 0 unspecified atom stereocenters. The van der Waals surface area contributed by atoms with Crippen LogP contribution in [0.15, 0.2) is 0 Å². The van der Waals surface area contributed by atoms with Gasteiger partial charge in [-0.2, -0.15) is 7.05 Å². The quantitative estimate of drug-likeness (QED) is 0.543. The Hall–Kier alpha value is 1.49. The predicted octanol–water partition coefficient (Wildman–Crippen LogP) is 1.64. The third-order valence-electron chi connectivity index (χ3n) is 0.400. The van der Waals surface area contributed by atoms with Gasteiger partial charge in [-0.15, -0.1) is 0 Å². The maximum absolute atomic E-state index is 3.95. The van der Waals surface area contributed by atoms with Crippen LogP contribution >= 0.6 is 8.07 Å². The Balaban J connectivity index is 0. The monoisotopic (exact) mass is 179 g/mol. The van der Waals surface area contributed by atoms with E-state index in [0.717, 1.165) is 0 Å². The largest absolute Gasteiger partial charge is 0.640 e. The smallest absolute Gasteiger partial charge is 0 e. The Kier molecular flexibility index (Phi) is 11.3. The van der Waals surface area contributed by atoms with Crippen molar-refractivity contribution in [2.24, 2.45) is 0 Å². The van der Waals surface area contributed by atoms with Crippen LogP contribution in [0, 0.1) is 0 Å². The van der Waals surface area contributed by atoms with E-state index in [2.05, 4.69) is 18.4 Å². The number of nitrogens with zero attached hydrogens (tertiary/aromatic N) is 1. The van der Waals surface area contributed by atoms with Gasteiger partial charge in [-0.25, -0.2) is 8.07 Å². The van der Waals surface area contributed by atoms with Crippen LogP contribution < -0.4 is 0 Å². The molecule has 0 aliphatic carbocycles. The van der Waals surface area contributed by atoms with Gasteiger partial charge in [0.05, 0.1) is 0 Å². The zero-order chi connectivity index (χ0) is 4.28. The number of hydrogen-bond donors (Lipinski definition) is 0. The van der Waals surface area contributed by atoms with Gasteiger partial charge in [0, 0.05) is 32.7 Å². The average Bonchev–Trinajstić information content (AvgIpc) is 1.38. The molecule has 1 radical (unpaired) electrons. The van der Waals surface area contributed by atoms with Crippen LogP contribution in [0.5, 0.6) is 0 Å². The Morgan fingerprint density at radius 1 is 1.33 bits per heavy atom. The van der Waals surface area contributed by atoms with Crippen LogP contribution in [-0.2, 0) is 32.7 Å². The van der Waals surface area contributed by atoms with Gasteiger partial charge < -0.3 is 5.09 Å². The number of hydrogen-bond acceptors (Lipinski definition) is 0. The second kappa shape index (κ2) is 6.49. The van der Waals surface area contributed by atoms with Crippen LogP contribution in [0.1, 0.15) is 0 Å². The molecule has 0 bridgehead atoms. The molecule has 0 heterocycles. The topological polar surface area (TPSA) is 14.1 Å². The first kappa shape index (κ1) is 10.5. The van der Waals surface area contributed by atoms with Crippen molar-refractivity contribution in [2.45, 2.75) is 0 Å². The maximum atomic E-state index is 3.95. The molecule has 3 heteroatoms. The van der Waals surface area contributed by atoms with Crippen molar-refractivity contribution in [1.29, 1.82) is 0 Å². The number of rotatable bonds is 1. The molecule has 0 spiro atoms. The zero-order valence-corrected chi connectivity index (χ0v) is 8.20. The molecular formula is C3H9NPY-. The standard InChI is InChI=1S/C3H9NP.Y/c1-4-5(2)3;/h1-3H3;/q-1;. The van der Waals surface area contributed by atoms with E-state index in [4.69, 9.17) is 0 Å². The molecule has 6 heavy (non-hydrogen) atoms. The summed E-state index contributed by atoms with van der Waals surface area (Å²) in [7, 11) is 1.88. The summed E-state index contributed by atoms with van der Waals surface area (Å²) in [6.45, 7) is 4.24. The molecule has 0 aromatic heterocycles. The van der Waals surface area contributed by atoms with Crippen molar-refractivity contribution in [3.63, 3.8) is 0 Å². The second-order valence-electron chi connectivity index (χ2n) is 1.05. The third-order valence-corrected chi connectivity index (χ3v) is 1.20. The Bertz CT molecular complexity index is 24.8. The van der Waals surface area contributed by atoms with Crippen molar-refractivity contribution in [1.82, 2.24) is 0 Å². The molecule has 0 fully saturated rings. The molecule has 1 nitrogen and oxygen atoms in total. The molecule has 0 aliphatic rings. The van der Waals surface area contributed by atoms with Crippen LogP contribution in [0.2, 0.25) is 0 Å². The second-order valence-corrected chi connectivity index (χ2v) is 3.14. The summed E-state index contributed by atoms with van der Waals surface area (Å²) in [5.41, 5.74) is 0. The van der Waals surface area contributed by atoms with E-state index >= 15 is 0 Å². The van der Waals surface area contributed by atoms with Crippen LogP contribution in [0.25, 0.3) is 5.09 Å². The molecule has 0 rings (SSSR count). The molecule has 0 saturated carbocycles. The summed E-state index contributed by atoms with van der Waals surface area (Å²) in [5, 5.41) is 3.95. The van der Waals surface area contributed by atoms with Crippen molar-refractivity contribution in [2.75, 3.05) is 20.4 Å². The minimum atomic E-state index is 0. The third kappa shape index (κ3) is 9.09. The summed E-state index contributed by atoms with van der Waals surface area (Å²) in [5.74, 6) is 0. The minimum absolute atomic E-state index is 0.